The fraction of sp³-hybridized carbons (Fsp3) is 0.286. The number of aryl methyl sites for hydroxylation is 1. The minimum absolute atomic E-state index is 0.0139. The lowest BCUT2D eigenvalue weighted by Crippen LogP contribution is -2.27. The summed E-state index contributed by atoms with van der Waals surface area (Å²) in [7, 11) is 3.42. The van der Waals surface area contributed by atoms with Gasteiger partial charge in [-0.2, -0.15) is 0 Å². The monoisotopic (exact) mass is 412 g/mol. The first kappa shape index (κ1) is 20.7. The number of aromatic nitrogens is 3. The molecular formula is C21H24N4O3S. The van der Waals surface area contributed by atoms with Gasteiger partial charge in [0.25, 0.3) is 0 Å². The Morgan fingerprint density at radius 2 is 2.07 bits per heavy atom. The van der Waals surface area contributed by atoms with Gasteiger partial charge < -0.3 is 14.1 Å². The molecule has 0 unspecified atom stereocenters. The molecule has 0 aliphatic heterocycles. The van der Waals surface area contributed by atoms with Crippen molar-refractivity contribution in [2.24, 2.45) is 0 Å². The molecule has 0 fully saturated rings. The number of thioether (sulfide) groups is 1. The van der Waals surface area contributed by atoms with Crippen molar-refractivity contribution in [2.75, 3.05) is 19.9 Å². The maximum absolute atomic E-state index is 12.6. The Bertz CT molecular complexity index is 978. The van der Waals surface area contributed by atoms with Gasteiger partial charge in [0.05, 0.1) is 24.7 Å². The summed E-state index contributed by atoms with van der Waals surface area (Å²) >= 11 is 1.36. The number of allylic oxidation sites excluding steroid dienone is 1. The molecule has 0 radical (unpaired) electrons. The zero-order valence-corrected chi connectivity index (χ0v) is 17.6. The Labute approximate surface area is 174 Å². The third-order valence-corrected chi connectivity index (χ3v) is 5.41. The van der Waals surface area contributed by atoms with Gasteiger partial charge in [-0.1, -0.05) is 30.0 Å². The fourth-order valence-electron chi connectivity index (χ4n) is 2.83. The van der Waals surface area contributed by atoms with E-state index in [4.69, 9.17) is 9.15 Å². The minimum atomic E-state index is 0.0139. The maximum Gasteiger partial charge on any atom is 0.233 e. The van der Waals surface area contributed by atoms with Crippen LogP contribution in [0, 0.1) is 6.92 Å². The molecule has 0 saturated carbocycles. The van der Waals surface area contributed by atoms with Crippen LogP contribution in [0.25, 0.3) is 11.4 Å². The van der Waals surface area contributed by atoms with Crippen molar-refractivity contribution in [1.82, 2.24) is 19.7 Å². The lowest BCUT2D eigenvalue weighted by atomic mass is 10.2. The molecule has 7 nitrogen and oxygen atoms in total. The van der Waals surface area contributed by atoms with Gasteiger partial charge in [-0.3, -0.25) is 9.36 Å². The predicted molar refractivity (Wildman–Crippen MR) is 113 cm³/mol. The molecule has 2 aromatic heterocycles. The van der Waals surface area contributed by atoms with Crippen LogP contribution in [0.5, 0.6) is 5.75 Å². The molecule has 3 rings (SSSR count). The topological polar surface area (TPSA) is 73.4 Å². The molecule has 0 N–H and O–H groups in total. The standard InChI is InChI=1S/C21H24N4O3S/c1-5-11-25-20(18-10-12-28-15(18)2)22-23-21(25)29-14-19(26)24(3)13-16-6-8-17(27-4)9-7-16/h5-10,12H,1,11,13-14H2,2-4H3. The number of benzene rings is 1. The average Bonchev–Trinajstić information content (AvgIpc) is 3.32. The number of methoxy groups -OCH3 is 1. The Morgan fingerprint density at radius 3 is 2.69 bits per heavy atom. The van der Waals surface area contributed by atoms with Gasteiger partial charge in [0.1, 0.15) is 11.5 Å². The number of amides is 1. The second kappa shape index (κ2) is 9.47. The van der Waals surface area contributed by atoms with E-state index in [1.165, 1.54) is 11.8 Å². The van der Waals surface area contributed by atoms with E-state index in [1.807, 2.05) is 41.8 Å². The summed E-state index contributed by atoms with van der Waals surface area (Å²) in [4.78, 5) is 14.3. The van der Waals surface area contributed by atoms with E-state index in [9.17, 15) is 4.79 Å². The lowest BCUT2D eigenvalue weighted by Gasteiger charge is -2.17. The zero-order chi connectivity index (χ0) is 20.8. The Morgan fingerprint density at radius 1 is 1.31 bits per heavy atom. The third kappa shape index (κ3) is 4.89. The third-order valence-electron chi connectivity index (χ3n) is 4.46. The van der Waals surface area contributed by atoms with Gasteiger partial charge in [-0.05, 0) is 30.7 Å². The highest BCUT2D eigenvalue weighted by molar-refractivity contribution is 7.99. The van der Waals surface area contributed by atoms with Crippen LogP contribution in [-0.4, -0.2) is 45.5 Å². The largest absolute Gasteiger partial charge is 0.497 e. The number of carbonyl (C=O) groups is 1. The SMILES string of the molecule is C=CCn1c(SCC(=O)N(C)Cc2ccc(OC)cc2)nnc1-c1ccoc1C. The fourth-order valence-corrected chi connectivity index (χ4v) is 3.72. The van der Waals surface area contributed by atoms with Gasteiger partial charge in [0.15, 0.2) is 11.0 Å². The Hall–Kier alpha value is -3.00. The molecule has 0 atom stereocenters. The van der Waals surface area contributed by atoms with Crippen LogP contribution < -0.4 is 4.74 Å². The van der Waals surface area contributed by atoms with Crippen molar-refractivity contribution < 1.29 is 13.9 Å². The summed E-state index contributed by atoms with van der Waals surface area (Å²) in [5.41, 5.74) is 1.92. The van der Waals surface area contributed by atoms with Gasteiger partial charge in [-0.25, -0.2) is 0 Å². The van der Waals surface area contributed by atoms with Gasteiger partial charge in [0, 0.05) is 20.1 Å². The molecule has 8 heteroatoms. The normalized spacial score (nSPS) is 10.7. The predicted octanol–water partition coefficient (Wildman–Crippen LogP) is 3.79. The van der Waals surface area contributed by atoms with Crippen molar-refractivity contribution in [3.05, 3.63) is 60.6 Å². The average molecular weight is 413 g/mol. The number of carbonyl (C=O) groups excluding carboxylic acids is 1. The second-order valence-electron chi connectivity index (χ2n) is 6.48. The van der Waals surface area contributed by atoms with E-state index >= 15 is 0 Å². The number of furan rings is 1. The molecule has 0 spiro atoms. The number of hydrogen-bond acceptors (Lipinski definition) is 6. The van der Waals surface area contributed by atoms with E-state index in [-0.39, 0.29) is 11.7 Å². The first-order valence-electron chi connectivity index (χ1n) is 9.11. The number of nitrogens with zero attached hydrogens (tertiary/aromatic N) is 4. The number of ether oxygens (including phenoxy) is 1. The van der Waals surface area contributed by atoms with Crippen molar-refractivity contribution in [3.63, 3.8) is 0 Å². The van der Waals surface area contributed by atoms with E-state index in [1.54, 1.807) is 31.4 Å². The molecule has 0 bridgehead atoms. The molecule has 0 aliphatic rings. The molecule has 152 valence electrons. The molecule has 0 saturated heterocycles. The Balaban J connectivity index is 1.65. The molecule has 1 amide bonds. The van der Waals surface area contributed by atoms with Crippen molar-refractivity contribution in [1.29, 1.82) is 0 Å². The molecule has 2 heterocycles. The van der Waals surface area contributed by atoms with Crippen LogP contribution in [0.4, 0.5) is 0 Å². The van der Waals surface area contributed by atoms with Crippen LogP contribution >= 0.6 is 11.8 Å². The zero-order valence-electron chi connectivity index (χ0n) is 16.8. The van der Waals surface area contributed by atoms with E-state index < -0.39 is 0 Å². The molecular weight excluding hydrogens is 388 g/mol. The van der Waals surface area contributed by atoms with Crippen LogP contribution in [0.1, 0.15) is 11.3 Å². The van der Waals surface area contributed by atoms with Crippen molar-refractivity contribution in [3.8, 4) is 17.1 Å². The molecule has 29 heavy (non-hydrogen) atoms. The quantitative estimate of drug-likeness (QED) is 0.393. The first-order chi connectivity index (χ1) is 14.0. The van der Waals surface area contributed by atoms with Gasteiger partial charge >= 0.3 is 0 Å². The van der Waals surface area contributed by atoms with E-state index in [0.717, 1.165) is 22.6 Å². The highest BCUT2D eigenvalue weighted by atomic mass is 32.2. The van der Waals surface area contributed by atoms with Crippen LogP contribution in [0.15, 0.2) is 58.8 Å². The minimum Gasteiger partial charge on any atom is -0.497 e. The summed E-state index contributed by atoms with van der Waals surface area (Å²) < 4.78 is 12.5. The first-order valence-corrected chi connectivity index (χ1v) is 10.1. The van der Waals surface area contributed by atoms with Crippen molar-refractivity contribution in [2.45, 2.75) is 25.2 Å². The van der Waals surface area contributed by atoms with Crippen LogP contribution in [0.2, 0.25) is 0 Å². The van der Waals surface area contributed by atoms with Gasteiger partial charge in [-0.15, -0.1) is 16.8 Å². The molecule has 3 aromatic rings. The Kier molecular flexibility index (Phi) is 6.77. The van der Waals surface area contributed by atoms with E-state index in [2.05, 4.69) is 16.8 Å². The lowest BCUT2D eigenvalue weighted by molar-refractivity contribution is -0.127. The highest BCUT2D eigenvalue weighted by Crippen LogP contribution is 2.27. The van der Waals surface area contributed by atoms with E-state index in [0.29, 0.717) is 24.1 Å². The highest BCUT2D eigenvalue weighted by Gasteiger charge is 2.18. The smallest absolute Gasteiger partial charge is 0.233 e. The van der Waals surface area contributed by atoms with Gasteiger partial charge in [0.2, 0.25) is 5.91 Å². The van der Waals surface area contributed by atoms with Crippen molar-refractivity contribution >= 4 is 17.7 Å². The summed E-state index contributed by atoms with van der Waals surface area (Å²) in [5.74, 6) is 2.56. The summed E-state index contributed by atoms with van der Waals surface area (Å²) in [5, 5.41) is 9.23. The maximum atomic E-state index is 12.6. The molecule has 1 aromatic carbocycles. The number of rotatable bonds is 9. The number of hydrogen-bond donors (Lipinski definition) is 0. The van der Waals surface area contributed by atoms with Crippen LogP contribution in [0.3, 0.4) is 0 Å². The summed E-state index contributed by atoms with van der Waals surface area (Å²) in [6.07, 6.45) is 3.41. The molecule has 0 aliphatic carbocycles. The summed E-state index contributed by atoms with van der Waals surface area (Å²) in [6, 6.07) is 9.55. The summed E-state index contributed by atoms with van der Waals surface area (Å²) in [6.45, 7) is 6.77. The second-order valence-corrected chi connectivity index (χ2v) is 7.42. The van der Waals surface area contributed by atoms with Crippen LogP contribution in [-0.2, 0) is 17.9 Å².